The SMILES string of the molecule is CCCC(=O)[O-].CCCCCCCCCC[NH3+]. The maximum atomic E-state index is 9.49. The molecule has 0 saturated heterocycles. The Morgan fingerprint density at radius 2 is 1.35 bits per heavy atom. The fourth-order valence-corrected chi connectivity index (χ4v) is 1.51. The molecule has 0 unspecified atom stereocenters. The molecule has 3 heteroatoms. The Morgan fingerprint density at radius 3 is 1.65 bits per heavy atom. The lowest BCUT2D eigenvalue weighted by molar-refractivity contribution is -0.368. The lowest BCUT2D eigenvalue weighted by Crippen LogP contribution is -2.50. The molecule has 0 spiro atoms. The summed E-state index contributed by atoms with van der Waals surface area (Å²) < 4.78 is 0. The van der Waals surface area contributed by atoms with Crippen LogP contribution < -0.4 is 10.8 Å². The number of rotatable bonds is 10. The molecule has 3 N–H and O–H groups in total. The van der Waals surface area contributed by atoms with Gasteiger partial charge in [0.15, 0.2) is 0 Å². The highest BCUT2D eigenvalue weighted by molar-refractivity contribution is 5.63. The molecule has 17 heavy (non-hydrogen) atoms. The van der Waals surface area contributed by atoms with Gasteiger partial charge in [-0.15, -0.1) is 0 Å². The highest BCUT2D eigenvalue weighted by Gasteiger charge is 1.89. The normalized spacial score (nSPS) is 9.59. The second-order valence-corrected chi connectivity index (χ2v) is 4.45. The van der Waals surface area contributed by atoms with Crippen molar-refractivity contribution in [1.29, 1.82) is 0 Å². The number of unbranched alkanes of at least 4 members (excludes halogenated alkanes) is 7. The standard InChI is InChI=1S/C10H23N.C4H8O2/c1-2-3-4-5-6-7-8-9-10-11;1-2-3-4(5)6/h2-11H2,1H3;2-3H2,1H3,(H,5,6). The molecule has 0 aromatic rings. The van der Waals surface area contributed by atoms with Gasteiger partial charge in [0.05, 0.1) is 6.54 Å². The van der Waals surface area contributed by atoms with Gasteiger partial charge in [0.2, 0.25) is 0 Å². The van der Waals surface area contributed by atoms with E-state index in [0.29, 0.717) is 6.42 Å². The first-order valence-electron chi connectivity index (χ1n) is 7.18. The molecule has 0 rings (SSSR count). The predicted molar refractivity (Wildman–Crippen MR) is 70.3 cm³/mol. The van der Waals surface area contributed by atoms with Crippen molar-refractivity contribution >= 4 is 5.97 Å². The third-order valence-electron chi connectivity index (χ3n) is 2.56. The lowest BCUT2D eigenvalue weighted by Gasteiger charge is -1.98. The topological polar surface area (TPSA) is 67.8 Å². The zero-order chi connectivity index (χ0) is 13.4. The molecule has 0 saturated carbocycles. The number of carboxylic acid groups (broad SMARTS) is 1. The molecule has 0 aliphatic rings. The molecule has 0 amide bonds. The summed E-state index contributed by atoms with van der Waals surface area (Å²) in [6.07, 6.45) is 12.1. The van der Waals surface area contributed by atoms with E-state index in [2.05, 4.69) is 12.7 Å². The highest BCUT2D eigenvalue weighted by atomic mass is 16.4. The van der Waals surface area contributed by atoms with E-state index in [1.807, 2.05) is 0 Å². The van der Waals surface area contributed by atoms with Crippen LogP contribution in [0.15, 0.2) is 0 Å². The van der Waals surface area contributed by atoms with E-state index in [1.54, 1.807) is 6.92 Å². The summed E-state index contributed by atoms with van der Waals surface area (Å²) in [5, 5.41) is 9.49. The van der Waals surface area contributed by atoms with E-state index in [0.717, 1.165) is 6.54 Å². The van der Waals surface area contributed by atoms with E-state index >= 15 is 0 Å². The van der Waals surface area contributed by atoms with Crippen molar-refractivity contribution in [3.05, 3.63) is 0 Å². The second-order valence-electron chi connectivity index (χ2n) is 4.45. The molecule has 0 heterocycles. The van der Waals surface area contributed by atoms with Crippen molar-refractivity contribution in [2.75, 3.05) is 6.54 Å². The van der Waals surface area contributed by atoms with Crippen molar-refractivity contribution in [2.45, 2.75) is 78.1 Å². The lowest BCUT2D eigenvalue weighted by atomic mass is 10.1. The van der Waals surface area contributed by atoms with Crippen LogP contribution in [0.1, 0.15) is 78.1 Å². The molecular weight excluding hydrogens is 214 g/mol. The van der Waals surface area contributed by atoms with Gasteiger partial charge in [0.1, 0.15) is 0 Å². The molecule has 0 aromatic carbocycles. The number of quaternary nitrogens is 1. The van der Waals surface area contributed by atoms with Crippen LogP contribution in [0.5, 0.6) is 0 Å². The fraction of sp³-hybridized carbons (Fsp3) is 0.929. The van der Waals surface area contributed by atoms with Crippen LogP contribution in [0.4, 0.5) is 0 Å². The minimum absolute atomic E-state index is 0.181. The van der Waals surface area contributed by atoms with E-state index in [4.69, 9.17) is 0 Å². The number of carbonyl (C=O) groups is 1. The number of hydrogen-bond donors (Lipinski definition) is 1. The summed E-state index contributed by atoms with van der Waals surface area (Å²) >= 11 is 0. The van der Waals surface area contributed by atoms with Gasteiger partial charge >= 0.3 is 0 Å². The zero-order valence-corrected chi connectivity index (χ0v) is 11.8. The zero-order valence-electron chi connectivity index (χ0n) is 11.8. The Hall–Kier alpha value is -0.570. The van der Waals surface area contributed by atoms with Crippen molar-refractivity contribution < 1.29 is 15.6 Å². The molecule has 0 aromatic heterocycles. The Morgan fingerprint density at radius 1 is 0.882 bits per heavy atom. The maximum Gasteiger partial charge on any atom is 0.0739 e. The Balaban J connectivity index is 0. The molecule has 0 atom stereocenters. The van der Waals surface area contributed by atoms with Crippen molar-refractivity contribution in [1.82, 2.24) is 0 Å². The first-order valence-corrected chi connectivity index (χ1v) is 7.18. The molecule has 0 fully saturated rings. The van der Waals surface area contributed by atoms with Crippen LogP contribution in [-0.4, -0.2) is 12.5 Å². The van der Waals surface area contributed by atoms with Crippen LogP contribution in [0.25, 0.3) is 0 Å². The summed E-state index contributed by atoms with van der Waals surface area (Å²) in [6, 6.07) is 0. The van der Waals surface area contributed by atoms with Crippen molar-refractivity contribution in [2.24, 2.45) is 0 Å². The molecular formula is C14H31NO2. The van der Waals surface area contributed by atoms with Gasteiger partial charge in [-0.05, 0) is 19.3 Å². The Labute approximate surface area is 107 Å². The van der Waals surface area contributed by atoms with E-state index in [-0.39, 0.29) is 6.42 Å². The highest BCUT2D eigenvalue weighted by Crippen LogP contribution is 2.07. The molecule has 0 radical (unpaired) electrons. The molecule has 3 nitrogen and oxygen atoms in total. The fourth-order valence-electron chi connectivity index (χ4n) is 1.51. The number of carboxylic acids is 1. The van der Waals surface area contributed by atoms with Crippen LogP contribution in [-0.2, 0) is 4.79 Å². The average Bonchev–Trinajstić information content (AvgIpc) is 2.29. The van der Waals surface area contributed by atoms with Crippen LogP contribution in [0, 0.1) is 0 Å². The number of carbonyl (C=O) groups excluding carboxylic acids is 1. The molecule has 0 aliphatic heterocycles. The Bertz CT molecular complexity index is 141. The summed E-state index contributed by atoms with van der Waals surface area (Å²) in [6.45, 7) is 5.19. The van der Waals surface area contributed by atoms with E-state index in [9.17, 15) is 9.90 Å². The monoisotopic (exact) mass is 245 g/mol. The van der Waals surface area contributed by atoms with Crippen LogP contribution >= 0.6 is 0 Å². The molecule has 0 aliphatic carbocycles. The van der Waals surface area contributed by atoms with Crippen LogP contribution in [0.3, 0.4) is 0 Å². The number of aliphatic carboxylic acids is 1. The first-order chi connectivity index (χ1) is 8.18. The predicted octanol–water partition coefficient (Wildman–Crippen LogP) is 1.91. The summed E-state index contributed by atoms with van der Waals surface area (Å²) in [7, 11) is 0. The Kier molecular flexibility index (Phi) is 19.7. The van der Waals surface area contributed by atoms with Gasteiger partial charge in [-0.1, -0.05) is 58.8 Å². The smallest absolute Gasteiger partial charge is 0.0739 e. The average molecular weight is 245 g/mol. The van der Waals surface area contributed by atoms with Crippen molar-refractivity contribution in [3.8, 4) is 0 Å². The van der Waals surface area contributed by atoms with Gasteiger partial charge in [-0.3, -0.25) is 0 Å². The third-order valence-corrected chi connectivity index (χ3v) is 2.56. The summed E-state index contributed by atoms with van der Waals surface area (Å²) in [5.74, 6) is -0.961. The van der Waals surface area contributed by atoms with Gasteiger partial charge < -0.3 is 15.6 Å². The van der Waals surface area contributed by atoms with Crippen molar-refractivity contribution in [3.63, 3.8) is 0 Å². The summed E-state index contributed by atoms with van der Waals surface area (Å²) in [4.78, 5) is 9.49. The largest absolute Gasteiger partial charge is 0.550 e. The van der Waals surface area contributed by atoms with Gasteiger partial charge in [0, 0.05) is 5.97 Å². The quantitative estimate of drug-likeness (QED) is 0.597. The van der Waals surface area contributed by atoms with Gasteiger partial charge in [-0.2, -0.15) is 0 Å². The first kappa shape index (κ1) is 18.8. The van der Waals surface area contributed by atoms with Gasteiger partial charge in [-0.25, -0.2) is 0 Å². The van der Waals surface area contributed by atoms with E-state index < -0.39 is 5.97 Å². The molecule has 104 valence electrons. The number of hydrogen-bond acceptors (Lipinski definition) is 2. The summed E-state index contributed by atoms with van der Waals surface area (Å²) in [5.41, 5.74) is 3.83. The second kappa shape index (κ2) is 17.8. The maximum absolute atomic E-state index is 9.49. The van der Waals surface area contributed by atoms with Crippen LogP contribution in [0.2, 0.25) is 0 Å². The van der Waals surface area contributed by atoms with Gasteiger partial charge in [0.25, 0.3) is 0 Å². The third kappa shape index (κ3) is 25.6. The minimum Gasteiger partial charge on any atom is -0.550 e. The minimum atomic E-state index is -0.961. The van der Waals surface area contributed by atoms with E-state index in [1.165, 1.54) is 51.4 Å². The molecule has 0 bridgehead atoms.